The zero-order valence-corrected chi connectivity index (χ0v) is 8.77. The summed E-state index contributed by atoms with van der Waals surface area (Å²) in [5.74, 6) is 0.716. The summed E-state index contributed by atoms with van der Waals surface area (Å²) >= 11 is 0. The van der Waals surface area contributed by atoms with Crippen molar-refractivity contribution in [3.63, 3.8) is 0 Å². The molecule has 0 bridgehead atoms. The van der Waals surface area contributed by atoms with Gasteiger partial charge in [-0.15, -0.1) is 0 Å². The highest BCUT2D eigenvalue weighted by molar-refractivity contribution is 5.77. The maximum atomic E-state index is 11.0. The first-order valence-electron chi connectivity index (χ1n) is 4.73. The van der Waals surface area contributed by atoms with Crippen molar-refractivity contribution in [1.82, 2.24) is 0 Å². The first-order valence-corrected chi connectivity index (χ1v) is 4.73. The number of esters is 1. The van der Waals surface area contributed by atoms with Crippen molar-refractivity contribution in [2.24, 2.45) is 0 Å². The smallest absolute Gasteiger partial charge is 0.339 e. The van der Waals surface area contributed by atoms with Crippen molar-refractivity contribution in [2.75, 3.05) is 6.61 Å². The molecule has 4 heteroatoms. The Labute approximate surface area is 88.2 Å². The second-order valence-electron chi connectivity index (χ2n) is 3.00. The van der Waals surface area contributed by atoms with E-state index in [2.05, 4.69) is 4.74 Å². The van der Waals surface area contributed by atoms with E-state index in [-0.39, 0.29) is 6.61 Å². The number of aryl methyl sites for hydroxylation is 1. The number of furan rings is 1. The van der Waals surface area contributed by atoms with Gasteiger partial charge in [-0.3, -0.25) is 0 Å². The van der Waals surface area contributed by atoms with Crippen LogP contribution in [-0.2, 0) is 9.53 Å². The van der Waals surface area contributed by atoms with Crippen LogP contribution < -0.4 is 0 Å². The van der Waals surface area contributed by atoms with Gasteiger partial charge < -0.3 is 14.3 Å². The normalized spacial score (nSPS) is 13.0. The standard InChI is InChI=1S/C11H14O4/c1-3-14-11(13)10(12)7-6-9-5-4-8(2)15-9/h4-7,10,12H,3H2,1-2H3/b7-6+/t10-/m0/s1. The van der Waals surface area contributed by atoms with Crippen molar-refractivity contribution in [2.45, 2.75) is 20.0 Å². The Morgan fingerprint density at radius 3 is 2.93 bits per heavy atom. The molecule has 0 aromatic carbocycles. The van der Waals surface area contributed by atoms with Crippen LogP contribution in [0.1, 0.15) is 18.4 Å². The van der Waals surface area contributed by atoms with Crippen LogP contribution in [-0.4, -0.2) is 23.8 Å². The fraction of sp³-hybridized carbons (Fsp3) is 0.364. The molecule has 1 rings (SSSR count). The Kier molecular flexibility index (Phi) is 4.12. The van der Waals surface area contributed by atoms with Crippen molar-refractivity contribution in [3.8, 4) is 0 Å². The molecule has 1 N–H and O–H groups in total. The number of carbonyl (C=O) groups excluding carboxylic acids is 1. The minimum absolute atomic E-state index is 0.254. The summed E-state index contributed by atoms with van der Waals surface area (Å²) in [6.07, 6.45) is 1.63. The summed E-state index contributed by atoms with van der Waals surface area (Å²) < 4.78 is 9.85. The number of aliphatic hydroxyl groups excluding tert-OH is 1. The van der Waals surface area contributed by atoms with Crippen LogP contribution in [0.3, 0.4) is 0 Å². The minimum atomic E-state index is -1.24. The number of carbonyl (C=O) groups is 1. The number of hydrogen-bond donors (Lipinski definition) is 1. The lowest BCUT2D eigenvalue weighted by atomic mass is 10.3. The molecule has 0 amide bonds. The number of rotatable bonds is 4. The second-order valence-corrected chi connectivity index (χ2v) is 3.00. The first kappa shape index (κ1) is 11.5. The largest absolute Gasteiger partial charge is 0.464 e. The fourth-order valence-corrected chi connectivity index (χ4v) is 1.04. The maximum absolute atomic E-state index is 11.0. The molecule has 0 fully saturated rings. The summed E-state index contributed by atoms with van der Waals surface area (Å²) in [6, 6.07) is 3.56. The third-order valence-electron chi connectivity index (χ3n) is 1.73. The molecule has 0 aliphatic carbocycles. The zero-order valence-electron chi connectivity index (χ0n) is 8.77. The Balaban J connectivity index is 2.54. The lowest BCUT2D eigenvalue weighted by molar-refractivity contribution is -0.150. The van der Waals surface area contributed by atoms with Crippen molar-refractivity contribution >= 4 is 12.0 Å². The van der Waals surface area contributed by atoms with E-state index < -0.39 is 12.1 Å². The molecule has 1 heterocycles. The SMILES string of the molecule is CCOC(=O)[C@@H](O)/C=C/c1ccc(C)o1. The predicted molar refractivity (Wildman–Crippen MR) is 55.1 cm³/mol. The van der Waals surface area contributed by atoms with Crippen molar-refractivity contribution < 1.29 is 19.1 Å². The molecule has 0 radical (unpaired) electrons. The highest BCUT2D eigenvalue weighted by Gasteiger charge is 2.11. The van der Waals surface area contributed by atoms with Crippen LogP contribution >= 0.6 is 0 Å². The Morgan fingerprint density at radius 2 is 2.40 bits per heavy atom. The van der Waals surface area contributed by atoms with Gasteiger partial charge in [0.2, 0.25) is 0 Å². The molecule has 0 saturated carbocycles. The van der Waals surface area contributed by atoms with E-state index >= 15 is 0 Å². The lowest BCUT2D eigenvalue weighted by Gasteiger charge is -2.03. The van der Waals surface area contributed by atoms with Gasteiger partial charge in [-0.2, -0.15) is 0 Å². The van der Waals surface area contributed by atoms with E-state index in [0.717, 1.165) is 5.76 Å². The van der Waals surface area contributed by atoms with Gasteiger partial charge in [0.25, 0.3) is 0 Å². The summed E-state index contributed by atoms with van der Waals surface area (Å²) in [6.45, 7) is 3.76. The molecule has 0 aliphatic heterocycles. The molecule has 0 unspecified atom stereocenters. The van der Waals surface area contributed by atoms with Crippen LogP contribution in [0, 0.1) is 6.92 Å². The molecule has 0 aliphatic rings. The topological polar surface area (TPSA) is 59.7 Å². The number of hydrogen-bond acceptors (Lipinski definition) is 4. The van der Waals surface area contributed by atoms with E-state index in [9.17, 15) is 9.90 Å². The summed E-state index contributed by atoms with van der Waals surface area (Å²) in [7, 11) is 0. The first-order chi connectivity index (χ1) is 7.13. The summed E-state index contributed by atoms with van der Waals surface area (Å²) in [5.41, 5.74) is 0. The third-order valence-corrected chi connectivity index (χ3v) is 1.73. The van der Waals surface area contributed by atoms with Gasteiger partial charge >= 0.3 is 5.97 Å². The van der Waals surface area contributed by atoms with E-state index in [4.69, 9.17) is 4.42 Å². The van der Waals surface area contributed by atoms with E-state index in [1.165, 1.54) is 12.2 Å². The van der Waals surface area contributed by atoms with Gasteiger partial charge in [0, 0.05) is 0 Å². The molecular weight excluding hydrogens is 196 g/mol. The number of aliphatic hydroxyl groups is 1. The Morgan fingerprint density at radius 1 is 1.67 bits per heavy atom. The zero-order chi connectivity index (χ0) is 11.3. The quantitative estimate of drug-likeness (QED) is 0.765. The monoisotopic (exact) mass is 210 g/mol. The van der Waals surface area contributed by atoms with Crippen molar-refractivity contribution in [3.05, 3.63) is 29.7 Å². The van der Waals surface area contributed by atoms with Crippen LogP contribution in [0.2, 0.25) is 0 Å². The lowest BCUT2D eigenvalue weighted by Crippen LogP contribution is -2.20. The molecule has 1 aromatic rings. The average molecular weight is 210 g/mol. The summed E-state index contributed by atoms with van der Waals surface area (Å²) in [4.78, 5) is 11.0. The highest BCUT2D eigenvalue weighted by Crippen LogP contribution is 2.08. The van der Waals surface area contributed by atoms with Crippen LogP contribution in [0.4, 0.5) is 0 Å². The van der Waals surface area contributed by atoms with E-state index in [1.54, 1.807) is 19.1 Å². The average Bonchev–Trinajstić information content (AvgIpc) is 2.61. The molecule has 0 spiro atoms. The van der Waals surface area contributed by atoms with Gasteiger partial charge in [-0.25, -0.2) is 4.79 Å². The van der Waals surface area contributed by atoms with Crippen LogP contribution in [0.15, 0.2) is 22.6 Å². The van der Waals surface area contributed by atoms with Gasteiger partial charge in [0.15, 0.2) is 6.10 Å². The number of ether oxygens (including phenoxy) is 1. The van der Waals surface area contributed by atoms with Crippen LogP contribution in [0.5, 0.6) is 0 Å². The van der Waals surface area contributed by atoms with Crippen LogP contribution in [0.25, 0.3) is 6.08 Å². The Bertz CT molecular complexity index is 351. The molecule has 1 atom stereocenters. The Hall–Kier alpha value is -1.55. The second kappa shape index (κ2) is 5.36. The molecule has 82 valence electrons. The maximum Gasteiger partial charge on any atom is 0.339 e. The molecule has 0 saturated heterocycles. The third kappa shape index (κ3) is 3.59. The van der Waals surface area contributed by atoms with E-state index in [1.807, 2.05) is 6.92 Å². The fourth-order valence-electron chi connectivity index (χ4n) is 1.04. The van der Waals surface area contributed by atoms with Gasteiger partial charge in [-0.05, 0) is 38.1 Å². The van der Waals surface area contributed by atoms with Gasteiger partial charge in [-0.1, -0.05) is 0 Å². The predicted octanol–water partition coefficient (Wildman–Crippen LogP) is 1.53. The van der Waals surface area contributed by atoms with Crippen molar-refractivity contribution in [1.29, 1.82) is 0 Å². The van der Waals surface area contributed by atoms with E-state index in [0.29, 0.717) is 5.76 Å². The highest BCUT2D eigenvalue weighted by atomic mass is 16.5. The summed E-state index contributed by atoms with van der Waals surface area (Å²) in [5, 5.41) is 9.31. The molecule has 1 aromatic heterocycles. The minimum Gasteiger partial charge on any atom is -0.464 e. The molecule has 4 nitrogen and oxygen atoms in total. The molecule has 15 heavy (non-hydrogen) atoms. The van der Waals surface area contributed by atoms with Gasteiger partial charge in [0.05, 0.1) is 6.61 Å². The van der Waals surface area contributed by atoms with Gasteiger partial charge in [0.1, 0.15) is 11.5 Å². The molecular formula is C11H14O4.